The Labute approximate surface area is 224 Å². The highest BCUT2D eigenvalue weighted by molar-refractivity contribution is 6.44. The summed E-state index contributed by atoms with van der Waals surface area (Å²) in [6.07, 6.45) is -29.8. The van der Waals surface area contributed by atoms with E-state index >= 15 is 0 Å². The molecule has 0 unspecified atom stereocenters. The molecule has 0 amide bonds. The fourth-order valence-corrected chi connectivity index (χ4v) is 2.55. The van der Waals surface area contributed by atoms with Crippen molar-refractivity contribution < 1.29 is 105 Å². The fourth-order valence-electron chi connectivity index (χ4n) is 2.55. The van der Waals surface area contributed by atoms with Gasteiger partial charge in [0, 0.05) is 0 Å². The summed E-state index contributed by atoms with van der Waals surface area (Å²) in [6.45, 7) is -3.48. The average molecular weight is 596 g/mol. The summed E-state index contributed by atoms with van der Waals surface area (Å²) in [5.74, 6) is -6.34. The molecule has 0 radical (unpaired) electrons. The molecule has 0 rings (SSSR count). The van der Waals surface area contributed by atoms with Crippen LogP contribution >= 0.6 is 0 Å². The molecule has 0 heterocycles. The van der Waals surface area contributed by atoms with Gasteiger partial charge >= 0.3 is 25.2 Å². The van der Waals surface area contributed by atoms with E-state index in [9.17, 15) is 75.7 Å². The molecular weight excluding hydrogens is 563 g/mol. The quantitative estimate of drug-likeness (QED) is 0.0653. The average Bonchev–Trinajstić information content (AvgIpc) is 2.95. The number of carbonyl (C=O) groups excluding carboxylic acids is 3. The maximum Gasteiger partial charge on any atom is 0.870 e. The van der Waals surface area contributed by atoms with Gasteiger partial charge in [0.2, 0.25) is 0 Å². The molecule has 21 nitrogen and oxygen atoms in total. The Morgan fingerprint density at radius 1 is 0.425 bits per heavy atom. The Hall–Kier alpha value is -2.13. The standard InChI is InChI=1S/C18H33BO21/c20-1-4(23)7(26)10(29)13(32)16(35)38-19(39-17(36)14(33)11(30)8(27)5(24)2-21)40-18(37)15(34)12(31)9(28)6(25)3-22/h4-15,20-34H,1-3H2/t4-,5-,6-,7-,8-,9-,10+,11+,12+,13-,14-,15-/m1/s1. The fraction of sp³-hybridized carbons (Fsp3) is 0.833. The van der Waals surface area contributed by atoms with Crippen molar-refractivity contribution in [1.82, 2.24) is 0 Å². The van der Waals surface area contributed by atoms with Gasteiger partial charge in [-0.2, -0.15) is 0 Å². The zero-order chi connectivity index (χ0) is 31.5. The van der Waals surface area contributed by atoms with Crippen LogP contribution in [0, 0.1) is 0 Å². The van der Waals surface area contributed by atoms with Gasteiger partial charge in [-0.3, -0.25) is 14.4 Å². The van der Waals surface area contributed by atoms with Crippen LogP contribution in [0.1, 0.15) is 0 Å². The first-order valence-electron chi connectivity index (χ1n) is 11.1. The van der Waals surface area contributed by atoms with Crippen LogP contribution in [0.2, 0.25) is 0 Å². The molecule has 234 valence electrons. The Morgan fingerprint density at radius 2 is 0.625 bits per heavy atom. The van der Waals surface area contributed by atoms with Crippen LogP contribution in [-0.2, 0) is 28.3 Å². The summed E-state index contributed by atoms with van der Waals surface area (Å²) in [5, 5.41) is 142. The molecule has 0 aromatic carbocycles. The van der Waals surface area contributed by atoms with Gasteiger partial charge in [0.1, 0.15) is 54.9 Å². The minimum atomic E-state index is -3.10. The topological polar surface area (TPSA) is 382 Å². The molecule has 0 aliphatic heterocycles. The number of aliphatic hydroxyl groups excluding tert-OH is 15. The van der Waals surface area contributed by atoms with E-state index in [1.807, 2.05) is 0 Å². The van der Waals surface area contributed by atoms with Crippen molar-refractivity contribution >= 4 is 25.2 Å². The first-order chi connectivity index (χ1) is 18.5. The maximum absolute atomic E-state index is 12.2. The largest absolute Gasteiger partial charge is 0.870 e. The lowest BCUT2D eigenvalue weighted by Crippen LogP contribution is -2.53. The van der Waals surface area contributed by atoms with Crippen molar-refractivity contribution in [2.75, 3.05) is 19.8 Å². The van der Waals surface area contributed by atoms with E-state index in [0.29, 0.717) is 0 Å². The summed E-state index contributed by atoms with van der Waals surface area (Å²) in [5.41, 5.74) is 0. The minimum absolute atomic E-state index is 1.16. The van der Waals surface area contributed by atoms with Gasteiger partial charge in [-0.15, -0.1) is 0 Å². The van der Waals surface area contributed by atoms with Gasteiger partial charge in [-0.25, -0.2) is 0 Å². The summed E-state index contributed by atoms with van der Waals surface area (Å²) in [6, 6.07) is 0. The van der Waals surface area contributed by atoms with Crippen molar-refractivity contribution in [3.63, 3.8) is 0 Å². The number of carbonyl (C=O) groups is 3. The van der Waals surface area contributed by atoms with Crippen molar-refractivity contribution in [2.45, 2.75) is 73.2 Å². The lowest BCUT2D eigenvalue weighted by Gasteiger charge is -2.27. The van der Waals surface area contributed by atoms with Crippen LogP contribution in [-0.4, -0.2) is 195 Å². The highest BCUT2D eigenvalue weighted by Crippen LogP contribution is 2.13. The van der Waals surface area contributed by atoms with Gasteiger partial charge in [0.15, 0.2) is 18.3 Å². The van der Waals surface area contributed by atoms with Crippen LogP contribution in [0.5, 0.6) is 0 Å². The lowest BCUT2D eigenvalue weighted by molar-refractivity contribution is -0.175. The van der Waals surface area contributed by atoms with E-state index < -0.39 is 118 Å². The van der Waals surface area contributed by atoms with E-state index in [2.05, 4.69) is 14.0 Å². The predicted molar refractivity (Wildman–Crippen MR) is 117 cm³/mol. The third-order valence-electron chi connectivity index (χ3n) is 5.13. The molecule has 0 aromatic heterocycles. The first-order valence-corrected chi connectivity index (χ1v) is 11.1. The molecule has 12 atom stereocenters. The number of hydrogen-bond donors (Lipinski definition) is 15. The molecule has 0 saturated carbocycles. The molecule has 0 aliphatic rings. The van der Waals surface area contributed by atoms with Crippen LogP contribution in [0.4, 0.5) is 0 Å². The van der Waals surface area contributed by atoms with Crippen molar-refractivity contribution in [3.8, 4) is 0 Å². The van der Waals surface area contributed by atoms with E-state index in [4.69, 9.17) is 15.3 Å². The number of aliphatic hydroxyl groups is 15. The third kappa shape index (κ3) is 10.7. The van der Waals surface area contributed by atoms with E-state index in [-0.39, 0.29) is 0 Å². The van der Waals surface area contributed by atoms with Gasteiger partial charge in [0.25, 0.3) is 0 Å². The van der Waals surface area contributed by atoms with Gasteiger partial charge in [-0.05, 0) is 0 Å². The zero-order valence-electron chi connectivity index (χ0n) is 20.3. The Bertz CT molecular complexity index is 687. The number of hydrogen-bond acceptors (Lipinski definition) is 21. The number of rotatable bonds is 18. The Kier molecular flexibility index (Phi) is 16.7. The highest BCUT2D eigenvalue weighted by atomic mass is 16.8. The van der Waals surface area contributed by atoms with E-state index in [0.717, 1.165) is 0 Å². The van der Waals surface area contributed by atoms with Gasteiger partial charge in [-0.1, -0.05) is 0 Å². The SMILES string of the molecule is O=C(OB(OC(=O)[C@H](O)[C@@H](O)[C@H](O)[C@H](O)CO)OC(=O)[C@H](O)[C@@H](O)[C@H](O)[C@H](O)CO)[C@H](O)[C@@H](O)[C@H](O)[C@H](O)CO. The van der Waals surface area contributed by atoms with E-state index in [1.165, 1.54) is 0 Å². The smallest absolute Gasteiger partial charge is 0.460 e. The molecule has 15 N–H and O–H groups in total. The Morgan fingerprint density at radius 3 is 0.800 bits per heavy atom. The second-order valence-electron chi connectivity index (χ2n) is 8.13. The molecule has 40 heavy (non-hydrogen) atoms. The van der Waals surface area contributed by atoms with Crippen LogP contribution < -0.4 is 0 Å². The summed E-state index contributed by atoms with van der Waals surface area (Å²) in [7, 11) is -3.10. The predicted octanol–water partition coefficient (Wildman–Crippen LogP) is -11.1. The van der Waals surface area contributed by atoms with Crippen LogP contribution in [0.25, 0.3) is 0 Å². The maximum atomic E-state index is 12.2. The first kappa shape index (κ1) is 37.9. The summed E-state index contributed by atoms with van der Waals surface area (Å²) in [4.78, 5) is 36.5. The molecule has 0 aromatic rings. The minimum Gasteiger partial charge on any atom is -0.460 e. The molecule has 0 aliphatic carbocycles. The summed E-state index contributed by atoms with van der Waals surface area (Å²) >= 11 is 0. The van der Waals surface area contributed by atoms with Crippen molar-refractivity contribution in [1.29, 1.82) is 0 Å². The third-order valence-corrected chi connectivity index (χ3v) is 5.13. The lowest BCUT2D eigenvalue weighted by atomic mass is 10.0. The summed E-state index contributed by atoms with van der Waals surface area (Å²) < 4.78 is 12.8. The Balaban J connectivity index is 5.86. The molecule has 0 bridgehead atoms. The zero-order valence-corrected chi connectivity index (χ0v) is 20.3. The molecular formula is C18H33BO21. The van der Waals surface area contributed by atoms with E-state index in [1.54, 1.807) is 0 Å². The molecule has 22 heteroatoms. The second kappa shape index (κ2) is 17.6. The second-order valence-corrected chi connectivity index (χ2v) is 8.13. The van der Waals surface area contributed by atoms with Crippen LogP contribution in [0.3, 0.4) is 0 Å². The molecule has 0 saturated heterocycles. The van der Waals surface area contributed by atoms with Crippen molar-refractivity contribution in [2.24, 2.45) is 0 Å². The monoisotopic (exact) mass is 596 g/mol. The van der Waals surface area contributed by atoms with Crippen LogP contribution in [0.15, 0.2) is 0 Å². The molecule has 0 spiro atoms. The normalized spacial score (nSPS) is 20.8. The highest BCUT2D eigenvalue weighted by Gasteiger charge is 2.46. The molecule has 0 fully saturated rings. The van der Waals surface area contributed by atoms with Crippen molar-refractivity contribution in [3.05, 3.63) is 0 Å². The van der Waals surface area contributed by atoms with Gasteiger partial charge in [0.05, 0.1) is 19.8 Å². The van der Waals surface area contributed by atoms with Gasteiger partial charge < -0.3 is 90.6 Å².